The van der Waals surface area contributed by atoms with Crippen LogP contribution in [0.5, 0.6) is 0 Å². The second-order valence-electron chi connectivity index (χ2n) is 7.46. The Balaban J connectivity index is 1.97. The number of aromatic amines is 1. The molecule has 1 aliphatic heterocycles. The third-order valence-electron chi connectivity index (χ3n) is 5.17. The Morgan fingerprint density at radius 3 is 2.86 bits per heavy atom. The Labute approximate surface area is 165 Å². The van der Waals surface area contributed by atoms with E-state index in [0.717, 1.165) is 25.7 Å². The highest BCUT2D eigenvalue weighted by atomic mass is 32.2. The van der Waals surface area contributed by atoms with Crippen molar-refractivity contribution in [3.63, 3.8) is 0 Å². The van der Waals surface area contributed by atoms with Gasteiger partial charge in [-0.05, 0) is 43.4 Å². The van der Waals surface area contributed by atoms with Gasteiger partial charge in [-0.3, -0.25) is 9.59 Å². The number of carbonyl (C=O) groups is 1. The normalized spacial score (nSPS) is 18.3. The molecular weight excluding hydrogens is 378 g/mol. The van der Waals surface area contributed by atoms with Gasteiger partial charge in [0.1, 0.15) is 5.56 Å². The van der Waals surface area contributed by atoms with Crippen molar-refractivity contribution >= 4 is 26.8 Å². The summed E-state index contributed by atoms with van der Waals surface area (Å²) in [4.78, 5) is 28.1. The number of nitrogens with one attached hydrogen (secondary N) is 2. The maximum absolute atomic E-state index is 13.0. The highest BCUT2D eigenvalue weighted by molar-refractivity contribution is 7.89. The summed E-state index contributed by atoms with van der Waals surface area (Å²) >= 11 is 0. The van der Waals surface area contributed by atoms with Crippen LogP contribution in [0.2, 0.25) is 0 Å². The smallest absolute Gasteiger partial charge is 0.256 e. The molecule has 2 aromatic rings. The van der Waals surface area contributed by atoms with Crippen molar-refractivity contribution in [1.82, 2.24) is 14.6 Å². The van der Waals surface area contributed by atoms with E-state index in [0.29, 0.717) is 31.1 Å². The van der Waals surface area contributed by atoms with E-state index in [1.807, 2.05) is 13.8 Å². The SMILES string of the molecule is CCCCNC(=O)c1c[nH]c2ccc(S(=O)(=O)N3CCCC(C)C3)cc2c1=O. The molecule has 28 heavy (non-hydrogen) atoms. The number of carbonyl (C=O) groups excluding carboxylic acids is 1. The summed E-state index contributed by atoms with van der Waals surface area (Å²) in [6, 6.07) is 4.47. The van der Waals surface area contributed by atoms with Gasteiger partial charge in [0.2, 0.25) is 15.5 Å². The predicted octanol–water partition coefficient (Wildman–Crippen LogP) is 2.48. The van der Waals surface area contributed by atoms with Crippen molar-refractivity contribution < 1.29 is 13.2 Å². The molecule has 0 saturated carbocycles. The zero-order valence-corrected chi connectivity index (χ0v) is 17.1. The molecule has 1 saturated heterocycles. The monoisotopic (exact) mass is 405 g/mol. The van der Waals surface area contributed by atoms with Gasteiger partial charge in [0.25, 0.3) is 5.91 Å². The molecule has 0 bridgehead atoms. The van der Waals surface area contributed by atoms with E-state index in [-0.39, 0.29) is 15.8 Å². The van der Waals surface area contributed by atoms with Gasteiger partial charge in [-0.25, -0.2) is 8.42 Å². The largest absolute Gasteiger partial charge is 0.360 e. The predicted molar refractivity (Wildman–Crippen MR) is 109 cm³/mol. The van der Waals surface area contributed by atoms with Crippen LogP contribution in [-0.2, 0) is 10.0 Å². The van der Waals surface area contributed by atoms with E-state index in [9.17, 15) is 18.0 Å². The topological polar surface area (TPSA) is 99.3 Å². The second kappa shape index (κ2) is 8.45. The summed E-state index contributed by atoms with van der Waals surface area (Å²) < 4.78 is 27.5. The van der Waals surface area contributed by atoms with Crippen LogP contribution in [0.25, 0.3) is 10.9 Å². The zero-order chi connectivity index (χ0) is 20.3. The number of hydrogen-bond acceptors (Lipinski definition) is 4. The van der Waals surface area contributed by atoms with Crippen molar-refractivity contribution in [3.8, 4) is 0 Å². The highest BCUT2D eigenvalue weighted by Gasteiger charge is 2.29. The molecule has 1 aromatic heterocycles. The van der Waals surface area contributed by atoms with Gasteiger partial charge < -0.3 is 10.3 Å². The fourth-order valence-electron chi connectivity index (χ4n) is 3.51. The van der Waals surface area contributed by atoms with Gasteiger partial charge in [-0.2, -0.15) is 4.31 Å². The van der Waals surface area contributed by atoms with E-state index in [4.69, 9.17) is 0 Å². The van der Waals surface area contributed by atoms with Crippen LogP contribution in [0.3, 0.4) is 0 Å². The molecule has 152 valence electrons. The zero-order valence-electron chi connectivity index (χ0n) is 16.3. The summed E-state index contributed by atoms with van der Waals surface area (Å²) in [7, 11) is -3.67. The molecule has 0 radical (unpaired) electrons. The Morgan fingerprint density at radius 1 is 1.36 bits per heavy atom. The molecule has 1 amide bonds. The summed E-state index contributed by atoms with van der Waals surface area (Å²) in [6.07, 6.45) is 4.99. The molecule has 8 heteroatoms. The Morgan fingerprint density at radius 2 is 2.14 bits per heavy atom. The van der Waals surface area contributed by atoms with Crippen molar-refractivity contribution in [2.75, 3.05) is 19.6 Å². The molecular formula is C20H27N3O4S. The number of aromatic nitrogens is 1. The number of benzene rings is 1. The van der Waals surface area contributed by atoms with Crippen LogP contribution in [0.15, 0.2) is 34.1 Å². The quantitative estimate of drug-likeness (QED) is 0.721. The number of sulfonamides is 1. The fraction of sp³-hybridized carbons (Fsp3) is 0.500. The van der Waals surface area contributed by atoms with Gasteiger partial charge >= 0.3 is 0 Å². The minimum atomic E-state index is -3.67. The average molecular weight is 406 g/mol. The van der Waals surface area contributed by atoms with Crippen LogP contribution in [0.4, 0.5) is 0 Å². The number of amides is 1. The summed E-state index contributed by atoms with van der Waals surface area (Å²) in [5.74, 6) is -0.138. The lowest BCUT2D eigenvalue weighted by molar-refractivity contribution is 0.0952. The van der Waals surface area contributed by atoms with Gasteiger partial charge in [-0.15, -0.1) is 0 Å². The third-order valence-corrected chi connectivity index (χ3v) is 7.03. The van der Waals surface area contributed by atoms with E-state index < -0.39 is 21.4 Å². The van der Waals surface area contributed by atoms with Crippen LogP contribution < -0.4 is 10.7 Å². The first-order chi connectivity index (χ1) is 13.3. The van der Waals surface area contributed by atoms with E-state index in [2.05, 4.69) is 10.3 Å². The maximum Gasteiger partial charge on any atom is 0.256 e. The summed E-state index contributed by atoms with van der Waals surface area (Å²) in [6.45, 7) is 5.52. The maximum atomic E-state index is 13.0. The molecule has 3 rings (SSSR count). The average Bonchev–Trinajstić information content (AvgIpc) is 2.68. The Kier molecular flexibility index (Phi) is 6.20. The van der Waals surface area contributed by atoms with Gasteiger partial charge in [0.15, 0.2) is 0 Å². The van der Waals surface area contributed by atoms with Crippen LogP contribution in [0.1, 0.15) is 49.9 Å². The van der Waals surface area contributed by atoms with Gasteiger partial charge in [0.05, 0.1) is 4.90 Å². The lowest BCUT2D eigenvalue weighted by Crippen LogP contribution is -2.39. The number of fused-ring (bicyclic) bond motifs is 1. The standard InChI is InChI=1S/C20H27N3O4S/c1-3-4-9-21-20(25)17-12-22-18-8-7-15(11-16(18)19(17)24)28(26,27)23-10-5-6-14(2)13-23/h7-8,11-12,14H,3-6,9-10,13H2,1-2H3,(H,21,25)(H,22,24). The Bertz CT molecular complexity index is 1030. The molecule has 1 fully saturated rings. The van der Waals surface area contributed by atoms with Crippen LogP contribution >= 0.6 is 0 Å². The number of hydrogen-bond donors (Lipinski definition) is 2. The second-order valence-corrected chi connectivity index (χ2v) is 9.40. The molecule has 0 aliphatic carbocycles. The molecule has 1 aliphatic rings. The lowest BCUT2D eigenvalue weighted by Gasteiger charge is -2.30. The molecule has 2 N–H and O–H groups in total. The lowest BCUT2D eigenvalue weighted by atomic mass is 10.0. The third kappa shape index (κ3) is 4.12. The molecule has 1 atom stereocenters. The highest BCUT2D eigenvalue weighted by Crippen LogP contribution is 2.24. The van der Waals surface area contributed by atoms with Gasteiger partial charge in [0, 0.05) is 36.7 Å². The number of nitrogens with zero attached hydrogens (tertiary/aromatic N) is 1. The minimum absolute atomic E-state index is 0.00949. The molecule has 7 nitrogen and oxygen atoms in total. The van der Waals surface area contributed by atoms with Crippen molar-refractivity contribution in [3.05, 3.63) is 40.2 Å². The number of unbranched alkanes of at least 4 members (excludes halogenated alkanes) is 1. The van der Waals surface area contributed by atoms with E-state index in [1.54, 1.807) is 6.07 Å². The van der Waals surface area contributed by atoms with E-state index >= 15 is 0 Å². The summed E-state index contributed by atoms with van der Waals surface area (Å²) in [5, 5.41) is 2.92. The van der Waals surface area contributed by atoms with Crippen LogP contribution in [-0.4, -0.2) is 43.2 Å². The first-order valence-corrected chi connectivity index (χ1v) is 11.2. The van der Waals surface area contributed by atoms with Crippen LogP contribution in [0, 0.1) is 5.92 Å². The number of pyridine rings is 1. The fourth-order valence-corrected chi connectivity index (χ4v) is 5.14. The number of H-pyrrole nitrogens is 1. The van der Waals surface area contributed by atoms with Crippen molar-refractivity contribution in [2.45, 2.75) is 44.4 Å². The summed E-state index contributed by atoms with van der Waals surface area (Å²) in [5.41, 5.74) is 0.0256. The molecule has 1 aromatic carbocycles. The molecule has 1 unspecified atom stereocenters. The number of piperidine rings is 1. The molecule has 0 spiro atoms. The van der Waals surface area contributed by atoms with Gasteiger partial charge in [-0.1, -0.05) is 20.3 Å². The van der Waals surface area contributed by atoms with Crippen molar-refractivity contribution in [2.24, 2.45) is 5.92 Å². The first-order valence-electron chi connectivity index (χ1n) is 9.78. The Hall–Kier alpha value is -2.19. The van der Waals surface area contributed by atoms with E-state index in [1.165, 1.54) is 22.6 Å². The first kappa shape index (κ1) is 20.5. The molecule has 2 heterocycles. The number of rotatable bonds is 6. The minimum Gasteiger partial charge on any atom is -0.360 e. The van der Waals surface area contributed by atoms with Crippen molar-refractivity contribution in [1.29, 1.82) is 0 Å².